The number of primary amides is 1. The maximum absolute atomic E-state index is 10.8. The van der Waals surface area contributed by atoms with Crippen molar-refractivity contribution >= 4 is 46.1 Å². The van der Waals surface area contributed by atoms with Crippen LogP contribution in [0.25, 0.3) is 0 Å². The standard InChI is InChI=1S/C7H6AsN3OS/c8-4-1-2-5(7(9)12)11-6(4)3-10-13/h1-3,13H,(H2,9,12)/b10-3+. The third-order valence-corrected chi connectivity index (χ3v) is 2.24. The van der Waals surface area contributed by atoms with Crippen LogP contribution in [0.5, 0.6) is 0 Å². The summed E-state index contributed by atoms with van der Waals surface area (Å²) in [7, 11) is 0. The van der Waals surface area contributed by atoms with Gasteiger partial charge in [0.2, 0.25) is 0 Å². The summed E-state index contributed by atoms with van der Waals surface area (Å²) in [5.74, 6) is -0.554. The molecule has 0 aromatic carbocycles. The molecule has 0 aliphatic heterocycles. The Morgan fingerprint density at radius 3 is 2.92 bits per heavy atom. The molecule has 0 aliphatic rings. The SMILES string of the molecule is NC(=O)c1ccc([As])c(/C=N/S)n1. The number of thiol groups is 1. The summed E-state index contributed by atoms with van der Waals surface area (Å²) >= 11 is 5.99. The van der Waals surface area contributed by atoms with E-state index in [1.165, 1.54) is 6.21 Å². The zero-order valence-electron chi connectivity index (χ0n) is 6.51. The third kappa shape index (κ3) is 2.57. The molecule has 1 amide bonds. The molecular formula is C7H6AsN3OS. The van der Waals surface area contributed by atoms with Crippen molar-refractivity contribution in [2.45, 2.75) is 0 Å². The monoisotopic (exact) mass is 255 g/mol. The summed E-state index contributed by atoms with van der Waals surface area (Å²) in [6.45, 7) is 0. The van der Waals surface area contributed by atoms with Crippen LogP contribution in [0.4, 0.5) is 0 Å². The first-order chi connectivity index (χ1) is 6.15. The molecule has 1 heterocycles. The van der Waals surface area contributed by atoms with E-state index in [2.05, 4.69) is 39.0 Å². The molecule has 0 atom stereocenters. The molecule has 0 unspecified atom stereocenters. The second-order valence-electron chi connectivity index (χ2n) is 2.21. The van der Waals surface area contributed by atoms with E-state index in [0.29, 0.717) is 5.69 Å². The van der Waals surface area contributed by atoms with Crippen LogP contribution in [-0.4, -0.2) is 34.0 Å². The summed E-state index contributed by atoms with van der Waals surface area (Å²) in [5, 5.41) is 0. The number of pyridine rings is 1. The molecule has 4 nitrogen and oxygen atoms in total. The number of carbonyl (C=O) groups is 1. The van der Waals surface area contributed by atoms with Crippen molar-refractivity contribution in [3.8, 4) is 0 Å². The molecule has 2 N–H and O–H groups in total. The number of nitrogens with two attached hydrogens (primary N) is 1. The van der Waals surface area contributed by atoms with Gasteiger partial charge in [0, 0.05) is 0 Å². The first-order valence-corrected chi connectivity index (χ1v) is 4.66. The van der Waals surface area contributed by atoms with Gasteiger partial charge in [-0.2, -0.15) is 0 Å². The molecule has 6 heteroatoms. The Kier molecular flexibility index (Phi) is 3.51. The number of rotatable bonds is 2. The van der Waals surface area contributed by atoms with Gasteiger partial charge in [0.15, 0.2) is 0 Å². The second-order valence-corrected chi connectivity index (χ2v) is 3.45. The van der Waals surface area contributed by atoms with E-state index in [1.807, 2.05) is 0 Å². The topological polar surface area (TPSA) is 68.3 Å². The quantitative estimate of drug-likeness (QED) is 0.414. The summed E-state index contributed by atoms with van der Waals surface area (Å²) in [6, 6.07) is 3.30. The molecule has 2 radical (unpaired) electrons. The molecular weight excluding hydrogens is 249 g/mol. The van der Waals surface area contributed by atoms with Gasteiger partial charge in [0.1, 0.15) is 0 Å². The van der Waals surface area contributed by atoms with Gasteiger partial charge in [-0.3, -0.25) is 0 Å². The van der Waals surface area contributed by atoms with E-state index in [1.54, 1.807) is 12.1 Å². The number of amides is 1. The third-order valence-electron chi connectivity index (χ3n) is 1.33. The van der Waals surface area contributed by atoms with Crippen LogP contribution in [0, 0.1) is 0 Å². The number of hydrogen-bond donors (Lipinski definition) is 2. The van der Waals surface area contributed by atoms with Crippen molar-refractivity contribution in [3.05, 3.63) is 23.5 Å². The number of nitrogens with zero attached hydrogens (tertiary/aromatic N) is 2. The molecule has 0 saturated carbocycles. The van der Waals surface area contributed by atoms with Crippen LogP contribution in [0.2, 0.25) is 0 Å². The minimum absolute atomic E-state index is 0.220. The van der Waals surface area contributed by atoms with E-state index in [-0.39, 0.29) is 5.69 Å². The van der Waals surface area contributed by atoms with Gasteiger partial charge in [-0.25, -0.2) is 0 Å². The van der Waals surface area contributed by atoms with Crippen molar-refractivity contribution in [3.63, 3.8) is 0 Å². The van der Waals surface area contributed by atoms with Crippen LogP contribution in [0.15, 0.2) is 16.5 Å². The first-order valence-electron chi connectivity index (χ1n) is 3.32. The minimum atomic E-state index is -0.554. The fraction of sp³-hybridized carbons (Fsp3) is 0. The average molecular weight is 255 g/mol. The Hall–Kier alpha value is -0.802. The summed E-state index contributed by atoms with van der Waals surface area (Å²) in [4.78, 5) is 14.7. The van der Waals surface area contributed by atoms with Gasteiger partial charge in [0.25, 0.3) is 0 Å². The molecule has 0 bridgehead atoms. The van der Waals surface area contributed by atoms with Gasteiger partial charge in [-0.15, -0.1) is 0 Å². The predicted octanol–water partition coefficient (Wildman–Crippen LogP) is -0.762. The van der Waals surface area contributed by atoms with Gasteiger partial charge < -0.3 is 0 Å². The molecule has 0 spiro atoms. The zero-order valence-corrected chi connectivity index (χ0v) is 9.28. The van der Waals surface area contributed by atoms with Gasteiger partial charge in [-0.1, -0.05) is 0 Å². The molecule has 66 valence electrons. The van der Waals surface area contributed by atoms with Crippen LogP contribution < -0.4 is 10.1 Å². The Balaban J connectivity index is 3.18. The first kappa shape index (κ1) is 10.3. The Morgan fingerprint density at radius 1 is 1.69 bits per heavy atom. The van der Waals surface area contributed by atoms with E-state index in [9.17, 15) is 4.79 Å². The van der Waals surface area contributed by atoms with E-state index in [4.69, 9.17) is 5.73 Å². The van der Waals surface area contributed by atoms with Crippen LogP contribution in [0.1, 0.15) is 16.2 Å². The van der Waals surface area contributed by atoms with Gasteiger partial charge in [0.05, 0.1) is 0 Å². The molecule has 13 heavy (non-hydrogen) atoms. The molecule has 0 aliphatic carbocycles. The van der Waals surface area contributed by atoms with E-state index in [0.717, 1.165) is 4.35 Å². The van der Waals surface area contributed by atoms with Crippen LogP contribution in [0.3, 0.4) is 0 Å². The van der Waals surface area contributed by atoms with Crippen molar-refractivity contribution < 1.29 is 4.79 Å². The molecule has 0 saturated heterocycles. The van der Waals surface area contributed by atoms with Crippen LogP contribution >= 0.6 is 12.8 Å². The average Bonchev–Trinajstić information content (AvgIpc) is 2.08. The van der Waals surface area contributed by atoms with Crippen molar-refractivity contribution in [2.24, 2.45) is 10.1 Å². The Morgan fingerprint density at radius 2 is 2.38 bits per heavy atom. The van der Waals surface area contributed by atoms with Crippen LogP contribution in [-0.2, 0) is 0 Å². The summed E-state index contributed by atoms with van der Waals surface area (Å²) < 4.78 is 4.37. The van der Waals surface area contributed by atoms with Crippen molar-refractivity contribution in [1.29, 1.82) is 0 Å². The molecule has 1 rings (SSSR count). The zero-order chi connectivity index (χ0) is 9.84. The molecule has 1 aromatic rings. The Labute approximate surface area is 89.7 Å². The van der Waals surface area contributed by atoms with Crippen molar-refractivity contribution in [2.75, 3.05) is 0 Å². The number of aromatic nitrogens is 1. The normalized spacial score (nSPS) is 10.6. The van der Waals surface area contributed by atoms with E-state index >= 15 is 0 Å². The summed E-state index contributed by atoms with van der Waals surface area (Å²) in [6.07, 6.45) is 1.45. The predicted molar refractivity (Wildman–Crippen MR) is 54.7 cm³/mol. The number of carbonyl (C=O) groups excluding carboxylic acids is 1. The van der Waals surface area contributed by atoms with Gasteiger partial charge >= 0.3 is 89.6 Å². The second kappa shape index (κ2) is 4.44. The fourth-order valence-electron chi connectivity index (χ4n) is 0.754. The maximum atomic E-state index is 10.8. The van der Waals surface area contributed by atoms with Crippen molar-refractivity contribution in [1.82, 2.24) is 4.98 Å². The van der Waals surface area contributed by atoms with Gasteiger partial charge in [-0.05, 0) is 0 Å². The molecule has 1 aromatic heterocycles. The summed E-state index contributed by atoms with van der Waals surface area (Å²) in [5.41, 5.74) is 5.85. The number of hydrogen-bond acceptors (Lipinski definition) is 4. The fourth-order valence-corrected chi connectivity index (χ4v) is 1.25. The Bertz CT molecular complexity index is 367. The van der Waals surface area contributed by atoms with E-state index < -0.39 is 5.91 Å². The molecule has 0 fully saturated rings.